The molecule has 7 nitrogen and oxygen atoms in total. The molecule has 4 aromatic rings. The van der Waals surface area contributed by atoms with Gasteiger partial charge in [-0.1, -0.05) is 74.1 Å². The Morgan fingerprint density at radius 1 is 1.11 bits per heavy atom. The van der Waals surface area contributed by atoms with Crippen LogP contribution >= 0.6 is 12.2 Å². The van der Waals surface area contributed by atoms with Crippen LogP contribution in [0.1, 0.15) is 56.3 Å². The summed E-state index contributed by atoms with van der Waals surface area (Å²) in [7, 11) is 0. The molecule has 0 saturated heterocycles. The van der Waals surface area contributed by atoms with Crippen molar-refractivity contribution in [2.75, 3.05) is 0 Å². The van der Waals surface area contributed by atoms with E-state index in [4.69, 9.17) is 21.6 Å². The van der Waals surface area contributed by atoms with Crippen LogP contribution < -0.4 is 16.6 Å². The number of hydrogen-bond donors (Lipinski definition) is 2. The second kappa shape index (κ2) is 11.5. The van der Waals surface area contributed by atoms with Crippen molar-refractivity contribution in [2.45, 2.75) is 59.5 Å². The Hall–Kier alpha value is -3.78. The minimum Gasteiger partial charge on any atom is -0.416 e. The van der Waals surface area contributed by atoms with Gasteiger partial charge in [-0.05, 0) is 43.9 Å². The molecule has 2 aromatic heterocycles. The number of aromatic nitrogens is 3. The van der Waals surface area contributed by atoms with Crippen molar-refractivity contribution in [1.82, 2.24) is 19.9 Å². The van der Waals surface area contributed by atoms with Gasteiger partial charge >= 0.3 is 5.76 Å². The van der Waals surface area contributed by atoms with Gasteiger partial charge in [0.15, 0.2) is 0 Å². The van der Waals surface area contributed by atoms with Crippen molar-refractivity contribution < 1.29 is 4.42 Å². The number of oxazole rings is 1. The molecule has 0 unspecified atom stereocenters. The van der Waals surface area contributed by atoms with Crippen LogP contribution in [0.4, 0.5) is 0 Å². The smallest absolute Gasteiger partial charge is 0.416 e. The third-order valence-corrected chi connectivity index (χ3v) is 6.50. The van der Waals surface area contributed by atoms with Crippen LogP contribution in [0.5, 0.6) is 0 Å². The van der Waals surface area contributed by atoms with E-state index in [1.807, 2.05) is 69.3 Å². The third-order valence-electron chi connectivity index (χ3n) is 6.17. The van der Waals surface area contributed by atoms with Crippen LogP contribution in [0.2, 0.25) is 0 Å². The molecule has 0 fully saturated rings. The van der Waals surface area contributed by atoms with E-state index in [1.165, 1.54) is 6.26 Å². The Morgan fingerprint density at radius 3 is 2.43 bits per heavy atom. The monoisotopic (exact) mass is 516 g/mol. The molecule has 192 valence electrons. The first-order chi connectivity index (χ1) is 17.8. The standard InChI is InChI=1S/C29H32N4O3S/c1-5-6-11-25-31-19(4)26(27(37)30-18(2)3)28(34)33(25)16-20-12-14-21(15-13-20)22-9-7-8-10-23(22)24-17-36-29(35)32-24/h7-10,12-15,17-18H,5-6,11,16H2,1-4H3,(H,30,37)(H,32,35). The molecular weight excluding hydrogens is 484 g/mol. The number of benzene rings is 2. The fourth-order valence-corrected chi connectivity index (χ4v) is 4.83. The summed E-state index contributed by atoms with van der Waals surface area (Å²) in [6.45, 7) is 8.37. The zero-order valence-electron chi connectivity index (χ0n) is 21.6. The van der Waals surface area contributed by atoms with Gasteiger partial charge in [-0.15, -0.1) is 0 Å². The fourth-order valence-electron chi connectivity index (χ4n) is 4.36. The van der Waals surface area contributed by atoms with Gasteiger partial charge in [0.25, 0.3) is 5.56 Å². The summed E-state index contributed by atoms with van der Waals surface area (Å²) in [4.78, 5) is 33.1. The number of aromatic amines is 1. The van der Waals surface area contributed by atoms with Gasteiger partial charge < -0.3 is 9.73 Å². The van der Waals surface area contributed by atoms with Crippen molar-refractivity contribution in [3.63, 3.8) is 0 Å². The van der Waals surface area contributed by atoms with E-state index in [1.54, 1.807) is 4.57 Å². The lowest BCUT2D eigenvalue weighted by Gasteiger charge is -2.18. The van der Waals surface area contributed by atoms with E-state index in [-0.39, 0.29) is 11.6 Å². The highest BCUT2D eigenvalue weighted by atomic mass is 32.1. The number of unbranched alkanes of at least 4 members (excludes halogenated alkanes) is 1. The minimum atomic E-state index is -0.487. The summed E-state index contributed by atoms with van der Waals surface area (Å²) in [5, 5.41) is 3.19. The maximum absolute atomic E-state index is 13.7. The van der Waals surface area contributed by atoms with E-state index in [2.05, 4.69) is 17.2 Å². The predicted octanol–water partition coefficient (Wildman–Crippen LogP) is 5.23. The molecule has 0 spiro atoms. The molecule has 2 aromatic carbocycles. The Labute approximate surface area is 221 Å². The lowest BCUT2D eigenvalue weighted by Crippen LogP contribution is -2.38. The van der Waals surface area contributed by atoms with Gasteiger partial charge in [0.2, 0.25) is 0 Å². The van der Waals surface area contributed by atoms with Crippen LogP contribution in [0, 0.1) is 6.92 Å². The van der Waals surface area contributed by atoms with Gasteiger partial charge in [0.05, 0.1) is 23.5 Å². The maximum Gasteiger partial charge on any atom is 0.416 e. The number of nitrogens with zero attached hydrogens (tertiary/aromatic N) is 2. The van der Waals surface area contributed by atoms with Gasteiger partial charge in [-0.2, -0.15) is 0 Å². The molecule has 0 aliphatic carbocycles. The average Bonchev–Trinajstić information content (AvgIpc) is 3.30. The maximum atomic E-state index is 13.7. The van der Waals surface area contributed by atoms with Crippen molar-refractivity contribution in [2.24, 2.45) is 0 Å². The normalized spacial score (nSPS) is 11.2. The third kappa shape index (κ3) is 5.97. The molecule has 0 aliphatic rings. The van der Waals surface area contributed by atoms with Gasteiger partial charge in [-0.3, -0.25) is 14.3 Å². The predicted molar refractivity (Wildman–Crippen MR) is 151 cm³/mol. The molecule has 37 heavy (non-hydrogen) atoms. The molecule has 0 aliphatic heterocycles. The molecule has 0 bridgehead atoms. The van der Waals surface area contributed by atoms with Crippen molar-refractivity contribution in [3.05, 3.63) is 98.3 Å². The summed E-state index contributed by atoms with van der Waals surface area (Å²) in [6.07, 6.45) is 4.12. The van der Waals surface area contributed by atoms with E-state index in [9.17, 15) is 9.59 Å². The minimum absolute atomic E-state index is 0.116. The van der Waals surface area contributed by atoms with E-state index in [0.29, 0.717) is 28.5 Å². The van der Waals surface area contributed by atoms with Crippen LogP contribution in [-0.2, 0) is 13.0 Å². The first kappa shape index (κ1) is 26.3. The van der Waals surface area contributed by atoms with Gasteiger partial charge in [0.1, 0.15) is 17.1 Å². The Bertz CT molecular complexity index is 1510. The molecule has 0 amide bonds. The van der Waals surface area contributed by atoms with Crippen molar-refractivity contribution in [3.8, 4) is 22.4 Å². The second-order valence-corrected chi connectivity index (χ2v) is 9.82. The number of rotatable bonds is 9. The van der Waals surface area contributed by atoms with Crippen LogP contribution in [0.15, 0.2) is 68.8 Å². The number of nitrogens with one attached hydrogen (secondary N) is 2. The lowest BCUT2D eigenvalue weighted by atomic mass is 9.97. The summed E-state index contributed by atoms with van der Waals surface area (Å²) in [5.74, 6) is 0.289. The first-order valence-corrected chi connectivity index (χ1v) is 13.0. The van der Waals surface area contributed by atoms with Crippen molar-refractivity contribution in [1.29, 1.82) is 0 Å². The Balaban J connectivity index is 1.69. The zero-order chi connectivity index (χ0) is 26.5. The Kier molecular flexibility index (Phi) is 8.18. The largest absolute Gasteiger partial charge is 0.416 e. The summed E-state index contributed by atoms with van der Waals surface area (Å²) in [6, 6.07) is 16.0. The van der Waals surface area contributed by atoms with E-state index >= 15 is 0 Å². The average molecular weight is 517 g/mol. The van der Waals surface area contributed by atoms with Gasteiger partial charge in [-0.25, -0.2) is 9.78 Å². The number of aryl methyl sites for hydroxylation is 2. The SMILES string of the molecule is CCCCc1nc(C)c(C(=S)NC(C)C)c(=O)n1Cc1ccc(-c2ccccc2-c2coc(=O)[nH]2)cc1. The van der Waals surface area contributed by atoms with Crippen molar-refractivity contribution >= 4 is 17.2 Å². The summed E-state index contributed by atoms with van der Waals surface area (Å²) < 4.78 is 6.69. The number of thiocarbonyl (C=S) groups is 1. The van der Waals surface area contributed by atoms with Gasteiger partial charge in [0, 0.05) is 18.0 Å². The second-order valence-electron chi connectivity index (χ2n) is 9.42. The highest BCUT2D eigenvalue weighted by Crippen LogP contribution is 2.30. The molecule has 2 heterocycles. The molecule has 0 atom stereocenters. The molecule has 4 rings (SSSR count). The summed E-state index contributed by atoms with van der Waals surface area (Å²) in [5.41, 5.74) is 5.45. The van der Waals surface area contributed by atoms with E-state index < -0.39 is 5.76 Å². The van der Waals surface area contributed by atoms with E-state index in [0.717, 1.165) is 47.3 Å². The highest BCUT2D eigenvalue weighted by molar-refractivity contribution is 7.80. The number of H-pyrrole nitrogens is 1. The molecular formula is C29H32N4O3S. The Morgan fingerprint density at radius 2 is 1.81 bits per heavy atom. The van der Waals surface area contributed by atoms with Crippen LogP contribution in [0.3, 0.4) is 0 Å². The number of hydrogen-bond acceptors (Lipinski definition) is 5. The summed E-state index contributed by atoms with van der Waals surface area (Å²) >= 11 is 5.56. The molecule has 0 radical (unpaired) electrons. The van der Waals surface area contributed by atoms with Crippen LogP contribution in [0.25, 0.3) is 22.4 Å². The van der Waals surface area contributed by atoms with Crippen LogP contribution in [-0.4, -0.2) is 25.6 Å². The fraction of sp³-hybridized carbons (Fsp3) is 0.310. The molecule has 0 saturated carbocycles. The molecule has 8 heteroatoms. The zero-order valence-corrected chi connectivity index (χ0v) is 22.4. The molecule has 2 N–H and O–H groups in total. The first-order valence-electron chi connectivity index (χ1n) is 12.6. The highest BCUT2D eigenvalue weighted by Gasteiger charge is 2.18. The lowest BCUT2D eigenvalue weighted by molar-refractivity contribution is 0.515. The quantitative estimate of drug-likeness (QED) is 0.296. The topological polar surface area (TPSA) is 92.9 Å².